The van der Waals surface area contributed by atoms with Crippen LogP contribution in [0.3, 0.4) is 0 Å². The summed E-state index contributed by atoms with van der Waals surface area (Å²) in [4.78, 5) is 0. The van der Waals surface area contributed by atoms with Crippen molar-refractivity contribution in [1.29, 1.82) is 0 Å². The van der Waals surface area contributed by atoms with Gasteiger partial charge in [0.05, 0.1) is 11.1 Å². The molecule has 0 saturated carbocycles. The maximum absolute atomic E-state index is 12.5. The smallest absolute Gasteiger partial charge is 0.359 e. The minimum atomic E-state index is -4.84. The highest BCUT2D eigenvalue weighted by Gasteiger charge is 2.36. The Morgan fingerprint density at radius 2 is 1.42 bits per heavy atom. The Morgan fingerprint density at radius 1 is 1.00 bits per heavy atom. The zero-order valence-electron chi connectivity index (χ0n) is 9.91. The van der Waals surface area contributed by atoms with E-state index in [1.807, 2.05) is 0 Å². The Morgan fingerprint density at radius 3 is 1.74 bits per heavy atom. The number of nitrogens with one attached hydrogen (secondary N) is 1. The molecule has 0 heterocycles. The Bertz CT molecular complexity index is 440. The lowest BCUT2D eigenvalue weighted by atomic mass is 10.1. The third kappa shape index (κ3) is 4.18. The van der Waals surface area contributed by atoms with Crippen LogP contribution in [-0.4, -0.2) is 0 Å². The summed E-state index contributed by atoms with van der Waals surface area (Å²) in [5, 5.41) is 2.42. The van der Waals surface area contributed by atoms with Crippen LogP contribution >= 0.6 is 0 Å². The molecular weight excluding hydrogens is 272 g/mol. The number of anilines is 1. The van der Waals surface area contributed by atoms with Gasteiger partial charge in [-0.05, 0) is 24.6 Å². The van der Waals surface area contributed by atoms with Crippen molar-refractivity contribution >= 4 is 5.69 Å². The average Bonchev–Trinajstić information content (AvgIpc) is 2.26. The lowest BCUT2D eigenvalue weighted by molar-refractivity contribution is -0.143. The summed E-state index contributed by atoms with van der Waals surface area (Å²) >= 11 is 0. The van der Waals surface area contributed by atoms with Crippen LogP contribution in [0, 0.1) is 0 Å². The molecule has 1 N–H and O–H groups in total. The summed E-state index contributed by atoms with van der Waals surface area (Å²) in [5.41, 5.74) is -2.66. The molecule has 7 heteroatoms. The molecule has 0 amide bonds. The zero-order chi connectivity index (χ0) is 14.8. The fourth-order valence-electron chi connectivity index (χ4n) is 1.32. The molecule has 0 aliphatic rings. The van der Waals surface area contributed by atoms with E-state index >= 15 is 0 Å². The van der Waals surface area contributed by atoms with Gasteiger partial charge in [-0.2, -0.15) is 26.3 Å². The molecule has 0 unspecified atom stereocenters. The number of allylic oxidation sites excluding steroid dienone is 1. The van der Waals surface area contributed by atoms with E-state index in [0.717, 1.165) is 0 Å². The molecule has 0 spiro atoms. The van der Waals surface area contributed by atoms with Crippen molar-refractivity contribution in [1.82, 2.24) is 0 Å². The first-order valence-corrected chi connectivity index (χ1v) is 5.28. The predicted molar refractivity (Wildman–Crippen MR) is 59.5 cm³/mol. The van der Waals surface area contributed by atoms with Gasteiger partial charge in [0.1, 0.15) is 0 Å². The normalized spacial score (nSPS) is 12.4. The van der Waals surface area contributed by atoms with E-state index < -0.39 is 23.5 Å². The molecule has 1 nitrogen and oxygen atoms in total. The van der Waals surface area contributed by atoms with Crippen LogP contribution in [0.2, 0.25) is 0 Å². The van der Waals surface area contributed by atoms with Gasteiger partial charge in [-0.3, -0.25) is 0 Å². The van der Waals surface area contributed by atoms with Crippen molar-refractivity contribution in [3.05, 3.63) is 41.6 Å². The first kappa shape index (κ1) is 15.4. The molecule has 0 saturated heterocycles. The number of hydrogen-bond acceptors (Lipinski definition) is 1. The Hall–Kier alpha value is -1.66. The summed E-state index contributed by atoms with van der Waals surface area (Å²) in [6.07, 6.45) is -9.30. The molecule has 1 aromatic carbocycles. The highest BCUT2D eigenvalue weighted by molar-refractivity contribution is 5.53. The van der Waals surface area contributed by atoms with Crippen LogP contribution in [0.15, 0.2) is 30.5 Å². The standard InChI is InChI=1S/C12H11F6N/c1-3-7(2)19-10-5-8(11(13,14)15)4-9(6-10)12(16,17)18/h4-6,19H,2-3H2,1H3. The summed E-state index contributed by atoms with van der Waals surface area (Å²) in [6, 6.07) is 1.33. The average molecular weight is 283 g/mol. The van der Waals surface area contributed by atoms with Crippen LogP contribution in [0.4, 0.5) is 32.0 Å². The van der Waals surface area contributed by atoms with Gasteiger partial charge in [0.2, 0.25) is 0 Å². The molecular formula is C12H11F6N. The molecule has 0 fully saturated rings. The van der Waals surface area contributed by atoms with Crippen LogP contribution in [0.25, 0.3) is 0 Å². The van der Waals surface area contributed by atoms with Crippen molar-refractivity contribution < 1.29 is 26.3 Å². The van der Waals surface area contributed by atoms with Gasteiger partial charge in [0.15, 0.2) is 0 Å². The summed E-state index contributed by atoms with van der Waals surface area (Å²) in [6.45, 7) is 5.15. The van der Waals surface area contributed by atoms with Crippen molar-refractivity contribution in [3.63, 3.8) is 0 Å². The first-order valence-electron chi connectivity index (χ1n) is 5.28. The molecule has 0 aliphatic heterocycles. The van der Waals surface area contributed by atoms with Crippen molar-refractivity contribution in [2.24, 2.45) is 0 Å². The van der Waals surface area contributed by atoms with E-state index in [-0.39, 0.29) is 11.8 Å². The minimum absolute atomic E-state index is 0.0832. The number of halogens is 6. The maximum atomic E-state index is 12.5. The second-order valence-corrected chi connectivity index (χ2v) is 3.88. The SMILES string of the molecule is C=C(CC)Nc1cc(C(F)(F)F)cc(C(F)(F)F)c1. The van der Waals surface area contributed by atoms with Gasteiger partial charge < -0.3 is 5.32 Å². The van der Waals surface area contributed by atoms with Gasteiger partial charge in [-0.15, -0.1) is 0 Å². The molecule has 0 atom stereocenters. The van der Waals surface area contributed by atoms with Crippen LogP contribution in [-0.2, 0) is 12.4 Å². The van der Waals surface area contributed by atoms with E-state index in [0.29, 0.717) is 24.3 Å². The number of rotatable bonds is 3. The number of hydrogen-bond donors (Lipinski definition) is 1. The monoisotopic (exact) mass is 283 g/mol. The van der Waals surface area contributed by atoms with Crippen LogP contribution in [0.1, 0.15) is 24.5 Å². The summed E-state index contributed by atoms with van der Waals surface area (Å²) < 4.78 is 75.2. The lowest BCUT2D eigenvalue weighted by Gasteiger charge is -2.15. The van der Waals surface area contributed by atoms with E-state index in [1.54, 1.807) is 6.92 Å². The van der Waals surface area contributed by atoms with Gasteiger partial charge in [0, 0.05) is 11.4 Å². The highest BCUT2D eigenvalue weighted by Crippen LogP contribution is 2.37. The molecule has 0 aromatic heterocycles. The summed E-state index contributed by atoms with van der Waals surface area (Å²) in [5.74, 6) is 0. The third-order valence-electron chi connectivity index (χ3n) is 2.34. The van der Waals surface area contributed by atoms with Crippen molar-refractivity contribution in [3.8, 4) is 0 Å². The molecule has 1 rings (SSSR count). The summed E-state index contributed by atoms with van der Waals surface area (Å²) in [7, 11) is 0. The quantitative estimate of drug-likeness (QED) is 0.764. The lowest BCUT2D eigenvalue weighted by Crippen LogP contribution is -2.12. The zero-order valence-corrected chi connectivity index (χ0v) is 9.91. The molecule has 19 heavy (non-hydrogen) atoms. The van der Waals surface area contributed by atoms with Crippen LogP contribution < -0.4 is 5.32 Å². The fraction of sp³-hybridized carbons (Fsp3) is 0.333. The molecule has 0 aliphatic carbocycles. The Balaban J connectivity index is 3.29. The van der Waals surface area contributed by atoms with E-state index in [9.17, 15) is 26.3 Å². The van der Waals surface area contributed by atoms with E-state index in [2.05, 4.69) is 11.9 Å². The van der Waals surface area contributed by atoms with Crippen LogP contribution in [0.5, 0.6) is 0 Å². The van der Waals surface area contributed by atoms with Gasteiger partial charge in [0.25, 0.3) is 0 Å². The van der Waals surface area contributed by atoms with Crippen molar-refractivity contribution in [2.75, 3.05) is 5.32 Å². The van der Waals surface area contributed by atoms with E-state index in [1.165, 1.54) is 0 Å². The van der Waals surface area contributed by atoms with Gasteiger partial charge in [-0.1, -0.05) is 13.5 Å². The Labute approximate surface area is 105 Å². The van der Waals surface area contributed by atoms with Crippen molar-refractivity contribution in [2.45, 2.75) is 25.7 Å². The number of benzene rings is 1. The molecule has 0 radical (unpaired) electrons. The second kappa shape index (κ2) is 5.14. The molecule has 1 aromatic rings. The first-order chi connectivity index (χ1) is 8.54. The Kier molecular flexibility index (Phi) is 4.17. The molecule has 106 valence electrons. The van der Waals surface area contributed by atoms with Gasteiger partial charge >= 0.3 is 12.4 Å². The van der Waals surface area contributed by atoms with Gasteiger partial charge in [-0.25, -0.2) is 0 Å². The highest BCUT2D eigenvalue weighted by atomic mass is 19.4. The second-order valence-electron chi connectivity index (χ2n) is 3.88. The topological polar surface area (TPSA) is 12.0 Å². The third-order valence-corrected chi connectivity index (χ3v) is 2.34. The van der Waals surface area contributed by atoms with E-state index in [4.69, 9.17) is 0 Å². The fourth-order valence-corrected chi connectivity index (χ4v) is 1.32. The number of alkyl halides is 6. The largest absolute Gasteiger partial charge is 0.416 e. The predicted octanol–water partition coefficient (Wildman–Crippen LogP) is 5.06. The maximum Gasteiger partial charge on any atom is 0.416 e. The minimum Gasteiger partial charge on any atom is -0.359 e. The molecule has 0 bridgehead atoms.